The van der Waals surface area contributed by atoms with E-state index in [0.717, 1.165) is 24.1 Å². The summed E-state index contributed by atoms with van der Waals surface area (Å²) in [5, 5.41) is 10.3. The van der Waals surface area contributed by atoms with Crippen molar-refractivity contribution in [2.24, 2.45) is 0 Å². The second kappa shape index (κ2) is 6.55. The van der Waals surface area contributed by atoms with E-state index >= 15 is 0 Å². The smallest absolute Gasteiger partial charge is 0.240 e. The van der Waals surface area contributed by atoms with Gasteiger partial charge in [0.15, 0.2) is 0 Å². The normalized spacial score (nSPS) is 15.4. The fourth-order valence-corrected chi connectivity index (χ4v) is 4.11. The van der Waals surface area contributed by atoms with E-state index in [1.165, 1.54) is 11.3 Å². The van der Waals surface area contributed by atoms with Crippen molar-refractivity contribution in [2.75, 3.05) is 25.0 Å². The van der Waals surface area contributed by atoms with Crippen LogP contribution in [0.5, 0.6) is 0 Å². The number of likely N-dealkylation sites (N-methyl/N-ethyl adjacent to an activating group) is 1. The zero-order valence-corrected chi connectivity index (χ0v) is 14.7. The zero-order valence-electron chi connectivity index (χ0n) is 13.9. The first-order valence-electron chi connectivity index (χ1n) is 7.95. The molecular weight excluding hydrogens is 324 g/mol. The minimum absolute atomic E-state index is 0.0507. The lowest BCUT2D eigenvalue weighted by Gasteiger charge is -2.16. The fraction of sp³-hybridized carbons (Fsp3) is 0.333. The predicted octanol–water partition coefficient (Wildman–Crippen LogP) is 2.00. The number of hydrogen-bond donors (Lipinski definition) is 2. The Balaban J connectivity index is 1.70. The molecule has 2 aromatic rings. The van der Waals surface area contributed by atoms with Gasteiger partial charge in [-0.05, 0) is 48.2 Å². The Morgan fingerprint density at radius 2 is 2.04 bits per heavy atom. The van der Waals surface area contributed by atoms with Crippen LogP contribution in [0, 0.1) is 6.92 Å². The number of sulfonamides is 1. The highest BCUT2D eigenvalue weighted by atomic mass is 32.2. The monoisotopic (exact) mass is 346 g/mol. The number of hydrogen-bond acceptors (Lipinski definition) is 4. The van der Waals surface area contributed by atoms with Gasteiger partial charge in [0, 0.05) is 25.8 Å². The molecule has 0 aromatic heterocycles. The highest BCUT2D eigenvalue weighted by molar-refractivity contribution is 7.89. The number of benzene rings is 2. The van der Waals surface area contributed by atoms with Gasteiger partial charge in [0.05, 0.1) is 11.0 Å². The fourth-order valence-electron chi connectivity index (χ4n) is 2.97. The van der Waals surface area contributed by atoms with Gasteiger partial charge in [-0.15, -0.1) is 0 Å². The Morgan fingerprint density at radius 3 is 2.79 bits per heavy atom. The lowest BCUT2D eigenvalue weighted by molar-refractivity contribution is 0.182. The topological polar surface area (TPSA) is 69.6 Å². The van der Waals surface area contributed by atoms with Crippen LogP contribution >= 0.6 is 0 Å². The van der Waals surface area contributed by atoms with Crippen LogP contribution in [-0.4, -0.2) is 33.7 Å². The third-order valence-corrected chi connectivity index (χ3v) is 5.80. The second-order valence-corrected chi connectivity index (χ2v) is 8.01. The number of fused-ring (bicyclic) bond motifs is 1. The maximum atomic E-state index is 12.3. The molecule has 1 atom stereocenters. The Morgan fingerprint density at radius 1 is 1.25 bits per heavy atom. The molecule has 0 radical (unpaired) electrons. The summed E-state index contributed by atoms with van der Waals surface area (Å²) in [6, 6.07) is 12.5. The van der Waals surface area contributed by atoms with Crippen molar-refractivity contribution in [1.29, 1.82) is 0 Å². The molecule has 128 valence electrons. The average Bonchev–Trinajstić information content (AvgIpc) is 2.93. The summed E-state index contributed by atoms with van der Waals surface area (Å²) >= 11 is 0. The van der Waals surface area contributed by atoms with Crippen LogP contribution in [0.3, 0.4) is 0 Å². The molecule has 0 saturated carbocycles. The maximum absolute atomic E-state index is 12.3. The second-order valence-electron chi connectivity index (χ2n) is 6.24. The summed E-state index contributed by atoms with van der Waals surface area (Å²) in [6.45, 7) is 2.76. The molecule has 0 unspecified atom stereocenters. The van der Waals surface area contributed by atoms with Crippen molar-refractivity contribution in [3.63, 3.8) is 0 Å². The average molecular weight is 346 g/mol. The van der Waals surface area contributed by atoms with Crippen molar-refractivity contribution in [3.8, 4) is 0 Å². The van der Waals surface area contributed by atoms with Crippen LogP contribution < -0.4 is 9.62 Å². The van der Waals surface area contributed by atoms with Gasteiger partial charge in [-0.1, -0.05) is 24.3 Å². The summed E-state index contributed by atoms with van der Waals surface area (Å²) in [6.07, 6.45) is 0.0716. The quantitative estimate of drug-likeness (QED) is 0.869. The number of aliphatic hydroxyl groups is 1. The summed E-state index contributed by atoms with van der Waals surface area (Å²) < 4.78 is 27.1. The minimum atomic E-state index is -3.62. The van der Waals surface area contributed by atoms with E-state index in [9.17, 15) is 13.5 Å². The predicted molar refractivity (Wildman–Crippen MR) is 94.7 cm³/mol. The van der Waals surface area contributed by atoms with Crippen molar-refractivity contribution in [1.82, 2.24) is 4.72 Å². The molecule has 0 amide bonds. The zero-order chi connectivity index (χ0) is 17.3. The molecule has 5 nitrogen and oxygen atoms in total. The molecule has 0 bridgehead atoms. The molecule has 0 aliphatic carbocycles. The van der Waals surface area contributed by atoms with E-state index in [4.69, 9.17) is 0 Å². The number of anilines is 1. The molecular formula is C18H22N2O3S. The van der Waals surface area contributed by atoms with Gasteiger partial charge in [-0.25, -0.2) is 13.1 Å². The molecule has 1 aliphatic rings. The number of rotatable bonds is 5. The molecule has 6 heteroatoms. The largest absolute Gasteiger partial charge is 0.387 e. The lowest BCUT2D eigenvalue weighted by atomic mass is 10.0. The van der Waals surface area contributed by atoms with Crippen molar-refractivity contribution in [2.45, 2.75) is 24.3 Å². The molecule has 1 aliphatic heterocycles. The lowest BCUT2D eigenvalue weighted by Crippen LogP contribution is -2.28. The van der Waals surface area contributed by atoms with Crippen molar-refractivity contribution in [3.05, 3.63) is 59.2 Å². The summed E-state index contributed by atoms with van der Waals surface area (Å²) in [4.78, 5) is 2.39. The minimum Gasteiger partial charge on any atom is -0.387 e. The van der Waals surface area contributed by atoms with E-state index in [-0.39, 0.29) is 11.4 Å². The van der Waals surface area contributed by atoms with Gasteiger partial charge < -0.3 is 10.0 Å². The molecule has 24 heavy (non-hydrogen) atoms. The molecule has 1 heterocycles. The van der Waals surface area contributed by atoms with Crippen LogP contribution in [0.25, 0.3) is 0 Å². The first kappa shape index (κ1) is 17.0. The summed E-state index contributed by atoms with van der Waals surface area (Å²) in [7, 11) is -1.58. The van der Waals surface area contributed by atoms with Crippen LogP contribution in [0.2, 0.25) is 0 Å². The first-order valence-corrected chi connectivity index (χ1v) is 9.43. The summed E-state index contributed by atoms with van der Waals surface area (Å²) in [5.74, 6) is 0. The van der Waals surface area contributed by atoms with Gasteiger partial charge in [0.25, 0.3) is 0 Å². The van der Waals surface area contributed by atoms with Crippen molar-refractivity contribution < 1.29 is 13.5 Å². The third-order valence-electron chi connectivity index (χ3n) is 4.38. The van der Waals surface area contributed by atoms with Gasteiger partial charge in [-0.2, -0.15) is 0 Å². The van der Waals surface area contributed by atoms with Crippen LogP contribution in [0.15, 0.2) is 47.4 Å². The number of nitrogens with one attached hydrogen (secondary N) is 1. The SMILES string of the molecule is Cc1cccc(S(=O)(=O)NC[C@H](O)c2ccc3c(c2)CCN3C)c1. The number of nitrogens with zero attached hydrogens (tertiary/aromatic N) is 1. The van der Waals surface area contributed by atoms with E-state index < -0.39 is 16.1 Å². The van der Waals surface area contributed by atoms with Gasteiger partial charge in [-0.3, -0.25) is 0 Å². The molecule has 0 spiro atoms. The Bertz CT molecular complexity index is 849. The van der Waals surface area contributed by atoms with E-state index in [1.807, 2.05) is 38.2 Å². The number of aliphatic hydroxyl groups excluding tert-OH is 1. The van der Waals surface area contributed by atoms with E-state index in [1.54, 1.807) is 18.2 Å². The first-order chi connectivity index (χ1) is 11.4. The third kappa shape index (κ3) is 3.45. The summed E-state index contributed by atoms with van der Waals surface area (Å²) in [5.41, 5.74) is 3.97. The Kier molecular flexibility index (Phi) is 4.62. The van der Waals surface area contributed by atoms with Crippen LogP contribution in [-0.2, 0) is 16.4 Å². The van der Waals surface area contributed by atoms with Gasteiger partial charge >= 0.3 is 0 Å². The molecule has 2 N–H and O–H groups in total. The van der Waals surface area contributed by atoms with Gasteiger partial charge in [0.1, 0.15) is 0 Å². The van der Waals surface area contributed by atoms with Crippen LogP contribution in [0.1, 0.15) is 22.8 Å². The Hall–Kier alpha value is -1.89. The highest BCUT2D eigenvalue weighted by Crippen LogP contribution is 2.29. The highest BCUT2D eigenvalue weighted by Gasteiger charge is 2.20. The maximum Gasteiger partial charge on any atom is 0.240 e. The molecule has 0 fully saturated rings. The molecule has 0 saturated heterocycles. The van der Waals surface area contributed by atoms with E-state index in [0.29, 0.717) is 0 Å². The standard InChI is InChI=1S/C18H22N2O3S/c1-13-4-3-5-16(10-13)24(22,23)19-12-18(21)15-6-7-17-14(11-15)8-9-20(17)2/h3-7,10-11,18-19,21H,8-9,12H2,1-2H3/t18-/m0/s1. The molecule has 2 aromatic carbocycles. The van der Waals surface area contributed by atoms with Crippen molar-refractivity contribution >= 4 is 15.7 Å². The number of aryl methyl sites for hydroxylation is 1. The van der Waals surface area contributed by atoms with Gasteiger partial charge in [0.2, 0.25) is 10.0 Å². The molecule has 3 rings (SSSR count). The Labute approximate surface area is 143 Å². The van der Waals surface area contributed by atoms with Crippen LogP contribution in [0.4, 0.5) is 5.69 Å². The van der Waals surface area contributed by atoms with E-state index in [2.05, 4.69) is 9.62 Å².